The van der Waals surface area contributed by atoms with Gasteiger partial charge in [-0.2, -0.15) is 0 Å². The van der Waals surface area contributed by atoms with Gasteiger partial charge in [0, 0.05) is 13.1 Å². The Bertz CT molecular complexity index is 619. The van der Waals surface area contributed by atoms with Crippen molar-refractivity contribution in [1.29, 1.82) is 0 Å². The van der Waals surface area contributed by atoms with E-state index in [0.29, 0.717) is 26.4 Å². The summed E-state index contributed by atoms with van der Waals surface area (Å²) < 4.78 is 10.6. The zero-order chi connectivity index (χ0) is 15.9. The Balaban J connectivity index is 1.49. The third-order valence-electron chi connectivity index (χ3n) is 3.92. The highest BCUT2D eigenvalue weighted by atomic mass is 16.5. The summed E-state index contributed by atoms with van der Waals surface area (Å²) in [7, 11) is 0. The monoisotopic (exact) mass is 311 g/mol. The highest BCUT2D eigenvalue weighted by molar-refractivity contribution is 5.71. The fourth-order valence-electron chi connectivity index (χ4n) is 2.58. The van der Waals surface area contributed by atoms with Gasteiger partial charge in [0.25, 0.3) is 0 Å². The molecule has 0 saturated carbocycles. The molecule has 4 nitrogen and oxygen atoms in total. The van der Waals surface area contributed by atoms with Crippen LogP contribution in [0, 0.1) is 0 Å². The molecule has 1 aliphatic heterocycles. The molecule has 0 atom stereocenters. The van der Waals surface area contributed by atoms with Crippen LogP contribution in [-0.2, 0) is 20.9 Å². The lowest BCUT2D eigenvalue weighted by Crippen LogP contribution is -2.40. The van der Waals surface area contributed by atoms with E-state index in [0.717, 1.165) is 24.2 Å². The maximum absolute atomic E-state index is 11.9. The number of ether oxygens (including phenoxy) is 2. The van der Waals surface area contributed by atoms with E-state index in [2.05, 4.69) is 29.2 Å². The number of carbonyl (C=O) groups is 1. The summed E-state index contributed by atoms with van der Waals surface area (Å²) >= 11 is 0. The molecular weight excluding hydrogens is 290 g/mol. The second kappa shape index (κ2) is 7.90. The van der Waals surface area contributed by atoms with E-state index in [4.69, 9.17) is 9.47 Å². The van der Waals surface area contributed by atoms with Gasteiger partial charge in [-0.05, 0) is 16.7 Å². The Labute approximate surface area is 136 Å². The van der Waals surface area contributed by atoms with E-state index in [1.54, 1.807) is 0 Å². The molecule has 23 heavy (non-hydrogen) atoms. The first-order valence-electron chi connectivity index (χ1n) is 7.91. The summed E-state index contributed by atoms with van der Waals surface area (Å²) in [6.07, 6.45) is 0. The minimum Gasteiger partial charge on any atom is -0.460 e. The number of carbonyl (C=O) groups excluding carboxylic acids is 1. The van der Waals surface area contributed by atoms with Crippen molar-refractivity contribution < 1.29 is 14.3 Å². The average Bonchev–Trinajstić information content (AvgIpc) is 2.62. The molecule has 2 aromatic rings. The molecule has 4 heteroatoms. The normalized spacial score (nSPS) is 15.3. The van der Waals surface area contributed by atoms with E-state index < -0.39 is 0 Å². The lowest BCUT2D eigenvalue weighted by Gasteiger charge is -2.25. The molecule has 2 aromatic carbocycles. The van der Waals surface area contributed by atoms with Crippen LogP contribution in [0.5, 0.6) is 0 Å². The van der Waals surface area contributed by atoms with Gasteiger partial charge >= 0.3 is 5.97 Å². The first-order chi connectivity index (χ1) is 11.3. The molecule has 3 rings (SSSR count). The van der Waals surface area contributed by atoms with Gasteiger partial charge in [0.05, 0.1) is 19.8 Å². The van der Waals surface area contributed by atoms with Crippen LogP contribution in [-0.4, -0.2) is 43.7 Å². The highest BCUT2D eigenvalue weighted by Crippen LogP contribution is 2.19. The minimum atomic E-state index is -0.181. The topological polar surface area (TPSA) is 38.8 Å². The lowest BCUT2D eigenvalue weighted by molar-refractivity contribution is -0.147. The molecule has 0 aliphatic carbocycles. The summed E-state index contributed by atoms with van der Waals surface area (Å²) in [6, 6.07) is 18.3. The van der Waals surface area contributed by atoms with Gasteiger partial charge in [0.1, 0.15) is 6.61 Å². The summed E-state index contributed by atoms with van der Waals surface area (Å²) in [6.45, 7) is 3.62. The van der Waals surface area contributed by atoms with Crippen LogP contribution in [0.3, 0.4) is 0 Å². The van der Waals surface area contributed by atoms with E-state index in [1.807, 2.05) is 30.3 Å². The Kier molecular flexibility index (Phi) is 5.40. The second-order valence-electron chi connectivity index (χ2n) is 5.61. The van der Waals surface area contributed by atoms with Crippen molar-refractivity contribution in [2.75, 3.05) is 32.8 Å². The zero-order valence-electron chi connectivity index (χ0n) is 13.1. The van der Waals surface area contributed by atoms with Crippen molar-refractivity contribution in [3.05, 3.63) is 60.2 Å². The molecule has 0 bridgehead atoms. The van der Waals surface area contributed by atoms with Gasteiger partial charge in [0.2, 0.25) is 0 Å². The molecule has 0 unspecified atom stereocenters. The van der Waals surface area contributed by atoms with Crippen molar-refractivity contribution in [2.45, 2.75) is 6.61 Å². The maximum Gasteiger partial charge on any atom is 0.320 e. The number of esters is 1. The van der Waals surface area contributed by atoms with Gasteiger partial charge in [-0.1, -0.05) is 54.6 Å². The fourth-order valence-corrected chi connectivity index (χ4v) is 2.58. The van der Waals surface area contributed by atoms with Crippen molar-refractivity contribution in [1.82, 2.24) is 4.90 Å². The Morgan fingerprint density at radius 1 is 0.957 bits per heavy atom. The SMILES string of the molecule is O=C(CN1CCOCC1)OCc1ccc(-c2ccccc2)cc1. The van der Waals surface area contributed by atoms with Crippen LogP contribution in [0.25, 0.3) is 11.1 Å². The number of rotatable bonds is 5. The van der Waals surface area contributed by atoms with Crippen molar-refractivity contribution in [3.63, 3.8) is 0 Å². The number of morpholine rings is 1. The quantitative estimate of drug-likeness (QED) is 0.796. The molecule has 1 heterocycles. The summed E-state index contributed by atoms with van der Waals surface area (Å²) in [5, 5.41) is 0. The summed E-state index contributed by atoms with van der Waals surface area (Å²) in [5.74, 6) is -0.181. The molecule has 1 aliphatic rings. The first-order valence-corrected chi connectivity index (χ1v) is 7.91. The van der Waals surface area contributed by atoms with Gasteiger partial charge in [-0.15, -0.1) is 0 Å². The van der Waals surface area contributed by atoms with Crippen molar-refractivity contribution in [3.8, 4) is 11.1 Å². The minimum absolute atomic E-state index is 0.181. The highest BCUT2D eigenvalue weighted by Gasteiger charge is 2.14. The predicted molar refractivity (Wildman–Crippen MR) is 88.9 cm³/mol. The van der Waals surface area contributed by atoms with Crippen LogP contribution in [0.15, 0.2) is 54.6 Å². The third kappa shape index (κ3) is 4.65. The number of hydrogen-bond acceptors (Lipinski definition) is 4. The molecule has 1 fully saturated rings. The van der Waals surface area contributed by atoms with Crippen LogP contribution < -0.4 is 0 Å². The predicted octanol–water partition coefficient (Wildman–Crippen LogP) is 2.73. The van der Waals surface area contributed by atoms with Crippen LogP contribution in [0.4, 0.5) is 0 Å². The van der Waals surface area contributed by atoms with Gasteiger partial charge in [-0.3, -0.25) is 9.69 Å². The van der Waals surface area contributed by atoms with Crippen LogP contribution >= 0.6 is 0 Å². The number of hydrogen-bond donors (Lipinski definition) is 0. The lowest BCUT2D eigenvalue weighted by atomic mass is 10.0. The second-order valence-corrected chi connectivity index (χ2v) is 5.61. The molecular formula is C19H21NO3. The van der Waals surface area contributed by atoms with E-state index in [-0.39, 0.29) is 5.97 Å². The van der Waals surface area contributed by atoms with E-state index in [9.17, 15) is 4.79 Å². The van der Waals surface area contributed by atoms with Gasteiger partial charge < -0.3 is 9.47 Å². The average molecular weight is 311 g/mol. The van der Waals surface area contributed by atoms with Gasteiger partial charge in [0.15, 0.2) is 0 Å². The van der Waals surface area contributed by atoms with Crippen molar-refractivity contribution in [2.24, 2.45) is 0 Å². The molecule has 0 spiro atoms. The maximum atomic E-state index is 11.9. The van der Waals surface area contributed by atoms with Crippen LogP contribution in [0.1, 0.15) is 5.56 Å². The molecule has 0 amide bonds. The van der Waals surface area contributed by atoms with Crippen LogP contribution in [0.2, 0.25) is 0 Å². The summed E-state index contributed by atoms with van der Waals surface area (Å²) in [5.41, 5.74) is 3.34. The Morgan fingerprint density at radius 2 is 1.61 bits per heavy atom. The number of benzene rings is 2. The zero-order valence-corrected chi connectivity index (χ0v) is 13.1. The number of nitrogens with zero attached hydrogens (tertiary/aromatic N) is 1. The van der Waals surface area contributed by atoms with E-state index >= 15 is 0 Å². The first kappa shape index (κ1) is 15.7. The Hall–Kier alpha value is -2.17. The third-order valence-corrected chi connectivity index (χ3v) is 3.92. The fraction of sp³-hybridized carbons (Fsp3) is 0.316. The molecule has 0 radical (unpaired) electrons. The molecule has 120 valence electrons. The largest absolute Gasteiger partial charge is 0.460 e. The van der Waals surface area contributed by atoms with E-state index in [1.165, 1.54) is 5.56 Å². The molecule has 0 aromatic heterocycles. The van der Waals surface area contributed by atoms with Crippen molar-refractivity contribution >= 4 is 5.97 Å². The smallest absolute Gasteiger partial charge is 0.320 e. The standard InChI is InChI=1S/C19H21NO3/c21-19(14-20-10-12-22-13-11-20)23-15-16-6-8-18(9-7-16)17-4-2-1-3-5-17/h1-9H,10-15H2. The van der Waals surface area contributed by atoms with Gasteiger partial charge in [-0.25, -0.2) is 0 Å². The summed E-state index contributed by atoms with van der Waals surface area (Å²) in [4.78, 5) is 13.9. The molecule has 0 N–H and O–H groups in total. The molecule has 1 saturated heterocycles. The Morgan fingerprint density at radius 3 is 2.30 bits per heavy atom.